The summed E-state index contributed by atoms with van der Waals surface area (Å²) in [7, 11) is 0. The van der Waals surface area contributed by atoms with Crippen LogP contribution in [-0.2, 0) is 4.79 Å². The molecule has 1 aromatic heterocycles. The number of aromatic nitrogens is 1. The molecule has 3 aromatic carbocycles. The molecular formula is C25H21N3O3S. The Hall–Kier alpha value is -3.84. The lowest BCUT2D eigenvalue weighted by molar-refractivity contribution is -0.117. The Kier molecular flexibility index (Phi) is 5.47. The van der Waals surface area contributed by atoms with E-state index in [-0.39, 0.29) is 12.7 Å². The highest BCUT2D eigenvalue weighted by atomic mass is 32.1. The van der Waals surface area contributed by atoms with Gasteiger partial charge in [0.05, 0.1) is 5.69 Å². The lowest BCUT2D eigenvalue weighted by atomic mass is 10.1. The molecule has 1 aliphatic rings. The van der Waals surface area contributed by atoms with Gasteiger partial charge in [-0.25, -0.2) is 4.98 Å². The molecule has 6 nitrogen and oxygen atoms in total. The van der Waals surface area contributed by atoms with Gasteiger partial charge in [0.15, 0.2) is 16.6 Å². The molecule has 7 heteroatoms. The molecule has 32 heavy (non-hydrogen) atoms. The van der Waals surface area contributed by atoms with Crippen LogP contribution in [0.4, 0.5) is 10.8 Å². The van der Waals surface area contributed by atoms with Crippen LogP contribution in [0.25, 0.3) is 11.3 Å². The third-order valence-electron chi connectivity index (χ3n) is 5.16. The Balaban J connectivity index is 1.37. The first-order chi connectivity index (χ1) is 15.7. The number of aryl methyl sites for hydroxylation is 1. The number of carbonyl (C=O) groups is 1. The number of anilines is 2. The maximum Gasteiger partial charge on any atom is 0.253 e. The number of thiazole rings is 1. The van der Waals surface area contributed by atoms with Crippen LogP contribution in [0.1, 0.15) is 17.2 Å². The fourth-order valence-electron chi connectivity index (χ4n) is 3.46. The highest BCUT2D eigenvalue weighted by molar-refractivity contribution is 7.14. The molecule has 0 radical (unpaired) electrons. The summed E-state index contributed by atoms with van der Waals surface area (Å²) in [6.45, 7) is 2.25. The smallest absolute Gasteiger partial charge is 0.253 e. The SMILES string of the molecule is Cc1ccc(-c2csc(NC(=O)C(Nc3ccc4c(c3)OCO4)c3ccccc3)n2)cc1. The molecular weight excluding hydrogens is 422 g/mol. The Morgan fingerprint density at radius 3 is 2.59 bits per heavy atom. The standard InChI is InChI=1S/C25H21N3O3S/c1-16-7-9-17(10-8-16)20-14-32-25(27-20)28-24(29)23(18-5-3-2-4-6-18)26-19-11-12-21-22(13-19)31-15-30-21/h2-14,23,26H,15H2,1H3,(H,27,28,29). The van der Waals surface area contributed by atoms with E-state index in [0.717, 1.165) is 22.5 Å². The minimum absolute atomic E-state index is 0.196. The average molecular weight is 444 g/mol. The number of hydrogen-bond donors (Lipinski definition) is 2. The van der Waals surface area contributed by atoms with Gasteiger partial charge in [-0.3, -0.25) is 10.1 Å². The second kappa shape index (κ2) is 8.72. The maximum atomic E-state index is 13.3. The van der Waals surface area contributed by atoms with E-state index < -0.39 is 6.04 Å². The summed E-state index contributed by atoms with van der Waals surface area (Å²) in [6, 6.07) is 22.7. The molecule has 0 bridgehead atoms. The molecule has 0 spiro atoms. The average Bonchev–Trinajstić information content (AvgIpc) is 3.48. The lowest BCUT2D eigenvalue weighted by Crippen LogP contribution is -2.27. The number of benzene rings is 3. The van der Waals surface area contributed by atoms with E-state index in [2.05, 4.69) is 15.6 Å². The van der Waals surface area contributed by atoms with Crippen LogP contribution in [0.5, 0.6) is 11.5 Å². The van der Waals surface area contributed by atoms with Gasteiger partial charge in [-0.05, 0) is 24.6 Å². The highest BCUT2D eigenvalue weighted by Gasteiger charge is 2.23. The lowest BCUT2D eigenvalue weighted by Gasteiger charge is -2.19. The predicted octanol–water partition coefficient (Wildman–Crippen LogP) is 5.64. The van der Waals surface area contributed by atoms with Crippen molar-refractivity contribution in [3.05, 3.63) is 89.3 Å². The summed E-state index contributed by atoms with van der Waals surface area (Å²) in [5, 5.41) is 8.79. The van der Waals surface area contributed by atoms with E-state index in [1.54, 1.807) is 0 Å². The first-order valence-corrected chi connectivity index (χ1v) is 11.1. The monoisotopic (exact) mass is 443 g/mol. The molecule has 160 valence electrons. The number of nitrogens with zero attached hydrogens (tertiary/aromatic N) is 1. The first-order valence-electron chi connectivity index (χ1n) is 10.2. The van der Waals surface area contributed by atoms with Gasteiger partial charge in [0.1, 0.15) is 6.04 Å². The molecule has 1 atom stereocenters. The third-order valence-corrected chi connectivity index (χ3v) is 5.92. The summed E-state index contributed by atoms with van der Waals surface area (Å²) in [4.78, 5) is 17.9. The number of hydrogen-bond acceptors (Lipinski definition) is 6. The number of nitrogens with one attached hydrogen (secondary N) is 2. The molecule has 4 aromatic rings. The van der Waals surface area contributed by atoms with Gasteiger partial charge >= 0.3 is 0 Å². The Morgan fingerprint density at radius 2 is 1.78 bits per heavy atom. The summed E-state index contributed by atoms with van der Waals surface area (Å²) in [5.41, 5.74) is 4.66. The maximum absolute atomic E-state index is 13.3. The summed E-state index contributed by atoms with van der Waals surface area (Å²) in [5.74, 6) is 1.16. The predicted molar refractivity (Wildman–Crippen MR) is 126 cm³/mol. The largest absolute Gasteiger partial charge is 0.454 e. The van der Waals surface area contributed by atoms with Crippen molar-refractivity contribution in [2.24, 2.45) is 0 Å². The van der Waals surface area contributed by atoms with Crippen molar-refractivity contribution in [2.75, 3.05) is 17.4 Å². The van der Waals surface area contributed by atoms with Gasteiger partial charge in [-0.2, -0.15) is 0 Å². The highest BCUT2D eigenvalue weighted by Crippen LogP contribution is 2.35. The van der Waals surface area contributed by atoms with E-state index in [1.807, 2.05) is 85.1 Å². The minimum Gasteiger partial charge on any atom is -0.454 e. The second-order valence-corrected chi connectivity index (χ2v) is 8.31. The quantitative estimate of drug-likeness (QED) is 0.404. The van der Waals surface area contributed by atoms with Gasteiger partial charge in [-0.15, -0.1) is 11.3 Å². The molecule has 1 unspecified atom stereocenters. The number of amides is 1. The number of ether oxygens (including phenoxy) is 2. The number of carbonyl (C=O) groups excluding carboxylic acids is 1. The fourth-order valence-corrected chi connectivity index (χ4v) is 4.19. The van der Waals surface area contributed by atoms with Crippen LogP contribution in [0.15, 0.2) is 78.2 Å². The van der Waals surface area contributed by atoms with Crippen LogP contribution >= 0.6 is 11.3 Å². The Labute approximate surface area is 189 Å². The van der Waals surface area contributed by atoms with Crippen molar-refractivity contribution < 1.29 is 14.3 Å². The van der Waals surface area contributed by atoms with E-state index in [0.29, 0.717) is 16.6 Å². The molecule has 0 saturated heterocycles. The Bertz CT molecular complexity index is 1240. The van der Waals surface area contributed by atoms with Gasteiger partial charge in [-0.1, -0.05) is 60.2 Å². The number of fused-ring (bicyclic) bond motifs is 1. The molecule has 1 aliphatic heterocycles. The molecule has 0 aliphatic carbocycles. The van der Waals surface area contributed by atoms with E-state index >= 15 is 0 Å². The third kappa shape index (κ3) is 4.29. The van der Waals surface area contributed by atoms with Crippen LogP contribution in [0.2, 0.25) is 0 Å². The molecule has 2 heterocycles. The topological polar surface area (TPSA) is 72.5 Å². The zero-order valence-electron chi connectivity index (χ0n) is 17.4. The van der Waals surface area contributed by atoms with Crippen molar-refractivity contribution >= 4 is 28.1 Å². The summed E-state index contributed by atoms with van der Waals surface area (Å²) < 4.78 is 10.8. The van der Waals surface area contributed by atoms with Gasteiger partial charge in [0.2, 0.25) is 6.79 Å². The van der Waals surface area contributed by atoms with Crippen molar-refractivity contribution in [1.82, 2.24) is 4.98 Å². The van der Waals surface area contributed by atoms with Crippen LogP contribution in [0, 0.1) is 6.92 Å². The van der Waals surface area contributed by atoms with E-state index in [9.17, 15) is 4.79 Å². The molecule has 1 amide bonds. The van der Waals surface area contributed by atoms with Gasteiger partial charge in [0.25, 0.3) is 5.91 Å². The van der Waals surface area contributed by atoms with Crippen molar-refractivity contribution in [1.29, 1.82) is 0 Å². The fraction of sp³-hybridized carbons (Fsp3) is 0.120. The zero-order chi connectivity index (χ0) is 21.9. The van der Waals surface area contributed by atoms with Crippen molar-refractivity contribution in [3.63, 3.8) is 0 Å². The molecule has 0 fully saturated rings. The molecule has 5 rings (SSSR count). The summed E-state index contributed by atoms with van der Waals surface area (Å²) in [6.07, 6.45) is 0. The van der Waals surface area contributed by atoms with Crippen molar-refractivity contribution in [2.45, 2.75) is 13.0 Å². The van der Waals surface area contributed by atoms with Crippen LogP contribution < -0.4 is 20.1 Å². The zero-order valence-corrected chi connectivity index (χ0v) is 18.2. The van der Waals surface area contributed by atoms with Crippen molar-refractivity contribution in [3.8, 4) is 22.8 Å². The number of rotatable bonds is 6. The van der Waals surface area contributed by atoms with Gasteiger partial charge in [0, 0.05) is 22.7 Å². The Morgan fingerprint density at radius 1 is 1.00 bits per heavy atom. The van der Waals surface area contributed by atoms with E-state index in [1.165, 1.54) is 16.9 Å². The van der Waals surface area contributed by atoms with E-state index in [4.69, 9.17) is 9.47 Å². The molecule has 0 saturated carbocycles. The summed E-state index contributed by atoms with van der Waals surface area (Å²) >= 11 is 1.40. The normalized spacial score (nSPS) is 12.9. The van der Waals surface area contributed by atoms with Gasteiger partial charge < -0.3 is 14.8 Å². The minimum atomic E-state index is -0.608. The second-order valence-electron chi connectivity index (χ2n) is 7.45. The van der Waals surface area contributed by atoms with Crippen LogP contribution in [0.3, 0.4) is 0 Å². The van der Waals surface area contributed by atoms with Crippen LogP contribution in [-0.4, -0.2) is 17.7 Å². The molecule has 2 N–H and O–H groups in total. The first kappa shape index (κ1) is 20.1.